The van der Waals surface area contributed by atoms with Crippen molar-refractivity contribution in [2.24, 2.45) is 0 Å². The largest absolute Gasteiger partial charge is 0.500 e. The van der Waals surface area contributed by atoms with Gasteiger partial charge in [0.15, 0.2) is 0 Å². The van der Waals surface area contributed by atoms with Gasteiger partial charge in [0.05, 0.1) is 0 Å². The Morgan fingerprint density at radius 3 is 1.93 bits per heavy atom. The number of rotatable bonds is 8. The number of alkyl halides is 1. The van der Waals surface area contributed by atoms with Gasteiger partial charge in [-0.2, -0.15) is 0 Å². The van der Waals surface area contributed by atoms with Crippen molar-refractivity contribution < 1.29 is 13.3 Å². The van der Waals surface area contributed by atoms with Gasteiger partial charge in [-0.05, 0) is 12.8 Å². The first-order valence-electron chi connectivity index (χ1n) is 4.93. The molecule has 0 bridgehead atoms. The second-order valence-electron chi connectivity index (χ2n) is 3.22. The van der Waals surface area contributed by atoms with Crippen LogP contribution in [-0.4, -0.2) is 35.5 Å². The van der Waals surface area contributed by atoms with Crippen LogP contribution in [0.1, 0.15) is 26.2 Å². The topological polar surface area (TPSA) is 27.7 Å². The molecule has 86 valence electrons. The van der Waals surface area contributed by atoms with E-state index in [-0.39, 0.29) is 5.38 Å². The monoisotopic (exact) mass is 240 g/mol. The summed E-state index contributed by atoms with van der Waals surface area (Å²) in [5.74, 6) is 0. The number of hydrogen-bond acceptors (Lipinski definition) is 3. The third-order valence-electron chi connectivity index (χ3n) is 2.30. The summed E-state index contributed by atoms with van der Waals surface area (Å²) in [6.07, 6.45) is 3.02. The summed E-state index contributed by atoms with van der Waals surface area (Å²) in [5, 5.41) is 0.201. The standard InChI is InChI=1S/C9H21ClO3Si/c1-5-6-9(10)7-8-14(11-2,12-3)13-4/h9H,5-8H2,1-4H3. The first-order valence-corrected chi connectivity index (χ1v) is 7.30. The molecule has 0 aliphatic heterocycles. The van der Waals surface area contributed by atoms with Crippen LogP contribution in [-0.2, 0) is 13.3 Å². The van der Waals surface area contributed by atoms with Crippen LogP contribution >= 0.6 is 11.6 Å². The summed E-state index contributed by atoms with van der Waals surface area (Å²) >= 11 is 6.11. The van der Waals surface area contributed by atoms with Crippen LogP contribution in [0, 0.1) is 0 Å². The van der Waals surface area contributed by atoms with E-state index >= 15 is 0 Å². The van der Waals surface area contributed by atoms with Gasteiger partial charge in [0, 0.05) is 32.8 Å². The van der Waals surface area contributed by atoms with Gasteiger partial charge in [-0.1, -0.05) is 13.3 Å². The second kappa shape index (κ2) is 7.65. The molecule has 0 aromatic heterocycles. The number of hydrogen-bond donors (Lipinski definition) is 0. The van der Waals surface area contributed by atoms with E-state index in [0.29, 0.717) is 0 Å². The average Bonchev–Trinajstić information content (AvgIpc) is 2.21. The summed E-state index contributed by atoms with van der Waals surface area (Å²) in [6.45, 7) is 2.13. The van der Waals surface area contributed by atoms with Crippen LogP contribution < -0.4 is 0 Å². The molecule has 0 saturated carbocycles. The van der Waals surface area contributed by atoms with E-state index < -0.39 is 8.80 Å². The van der Waals surface area contributed by atoms with E-state index in [1.165, 1.54) is 0 Å². The highest BCUT2D eigenvalue weighted by molar-refractivity contribution is 6.60. The van der Waals surface area contributed by atoms with Crippen molar-refractivity contribution in [1.29, 1.82) is 0 Å². The van der Waals surface area contributed by atoms with Crippen molar-refractivity contribution in [2.45, 2.75) is 37.6 Å². The lowest BCUT2D eigenvalue weighted by Crippen LogP contribution is -2.43. The lowest BCUT2D eigenvalue weighted by molar-refractivity contribution is 0.123. The Balaban J connectivity index is 3.92. The molecule has 0 saturated heterocycles. The first kappa shape index (κ1) is 14.4. The smallest absolute Gasteiger partial charge is 0.377 e. The minimum absolute atomic E-state index is 0.201. The normalized spacial score (nSPS) is 14.4. The Hall–Kier alpha value is 0.387. The van der Waals surface area contributed by atoms with Crippen LogP contribution in [0.2, 0.25) is 6.04 Å². The SMILES string of the molecule is CCCC(Cl)CC[Si](OC)(OC)OC. The molecule has 0 aromatic carbocycles. The molecule has 0 amide bonds. The van der Waals surface area contributed by atoms with Crippen molar-refractivity contribution in [3.63, 3.8) is 0 Å². The van der Waals surface area contributed by atoms with E-state index in [0.717, 1.165) is 25.3 Å². The minimum atomic E-state index is -2.39. The fourth-order valence-electron chi connectivity index (χ4n) is 1.35. The van der Waals surface area contributed by atoms with Crippen molar-refractivity contribution >= 4 is 20.4 Å². The zero-order valence-electron chi connectivity index (χ0n) is 9.51. The van der Waals surface area contributed by atoms with Crippen LogP contribution in [0.3, 0.4) is 0 Å². The van der Waals surface area contributed by atoms with Crippen molar-refractivity contribution in [3.05, 3.63) is 0 Å². The summed E-state index contributed by atoms with van der Waals surface area (Å²) < 4.78 is 15.9. The third kappa shape index (κ3) is 4.75. The van der Waals surface area contributed by atoms with Crippen molar-refractivity contribution in [1.82, 2.24) is 0 Å². The minimum Gasteiger partial charge on any atom is -0.377 e. The molecule has 0 spiro atoms. The fourth-order valence-corrected chi connectivity index (χ4v) is 3.67. The van der Waals surface area contributed by atoms with Crippen LogP contribution in [0.4, 0.5) is 0 Å². The van der Waals surface area contributed by atoms with E-state index in [9.17, 15) is 0 Å². The summed E-state index contributed by atoms with van der Waals surface area (Å²) in [5.41, 5.74) is 0. The maximum atomic E-state index is 6.11. The zero-order chi connectivity index (χ0) is 11.0. The molecule has 0 aromatic rings. The van der Waals surface area contributed by atoms with Gasteiger partial charge in [-0.25, -0.2) is 0 Å². The Morgan fingerprint density at radius 2 is 1.57 bits per heavy atom. The first-order chi connectivity index (χ1) is 6.64. The van der Waals surface area contributed by atoms with Crippen LogP contribution in [0.5, 0.6) is 0 Å². The Morgan fingerprint density at radius 1 is 1.07 bits per heavy atom. The quantitative estimate of drug-likeness (QED) is 0.482. The maximum Gasteiger partial charge on any atom is 0.500 e. The molecule has 0 aliphatic rings. The highest BCUT2D eigenvalue weighted by Crippen LogP contribution is 2.20. The van der Waals surface area contributed by atoms with Crippen LogP contribution in [0.25, 0.3) is 0 Å². The summed E-state index contributed by atoms with van der Waals surface area (Å²) in [7, 11) is 2.49. The fraction of sp³-hybridized carbons (Fsp3) is 1.00. The second-order valence-corrected chi connectivity index (χ2v) is 6.93. The molecule has 5 heteroatoms. The van der Waals surface area contributed by atoms with E-state index in [2.05, 4.69) is 6.92 Å². The van der Waals surface area contributed by atoms with Gasteiger partial charge in [-0.15, -0.1) is 11.6 Å². The summed E-state index contributed by atoms with van der Waals surface area (Å²) in [6, 6.07) is 0.782. The van der Waals surface area contributed by atoms with Gasteiger partial charge in [0.2, 0.25) is 0 Å². The molecule has 0 N–H and O–H groups in total. The van der Waals surface area contributed by atoms with Crippen molar-refractivity contribution in [3.8, 4) is 0 Å². The van der Waals surface area contributed by atoms with Gasteiger partial charge in [-0.3, -0.25) is 0 Å². The van der Waals surface area contributed by atoms with Gasteiger partial charge < -0.3 is 13.3 Å². The Labute approximate surface area is 93.1 Å². The van der Waals surface area contributed by atoms with Gasteiger partial charge in [0.25, 0.3) is 0 Å². The molecule has 3 nitrogen and oxygen atoms in total. The molecular formula is C9H21ClO3Si. The van der Waals surface area contributed by atoms with Crippen molar-refractivity contribution in [2.75, 3.05) is 21.3 Å². The van der Waals surface area contributed by atoms with Gasteiger partial charge >= 0.3 is 8.80 Å². The molecule has 0 aliphatic carbocycles. The predicted molar refractivity (Wildman–Crippen MR) is 60.8 cm³/mol. The lowest BCUT2D eigenvalue weighted by atomic mass is 10.2. The molecule has 1 unspecified atom stereocenters. The molecule has 0 heterocycles. The molecule has 14 heavy (non-hydrogen) atoms. The van der Waals surface area contributed by atoms with E-state index in [4.69, 9.17) is 24.9 Å². The Kier molecular flexibility index (Phi) is 7.86. The predicted octanol–water partition coefficient (Wildman–Crippen LogP) is 2.66. The van der Waals surface area contributed by atoms with E-state index in [1.54, 1.807) is 21.3 Å². The van der Waals surface area contributed by atoms with Gasteiger partial charge in [0.1, 0.15) is 0 Å². The third-order valence-corrected chi connectivity index (χ3v) is 5.50. The highest BCUT2D eigenvalue weighted by atomic mass is 35.5. The molecular weight excluding hydrogens is 220 g/mol. The lowest BCUT2D eigenvalue weighted by Gasteiger charge is -2.25. The summed E-state index contributed by atoms with van der Waals surface area (Å²) in [4.78, 5) is 0. The highest BCUT2D eigenvalue weighted by Gasteiger charge is 2.37. The average molecular weight is 241 g/mol. The van der Waals surface area contributed by atoms with Crippen LogP contribution in [0.15, 0.2) is 0 Å². The molecule has 0 fully saturated rings. The number of halogens is 1. The Bertz CT molecular complexity index is 134. The molecule has 0 rings (SSSR count). The maximum absolute atomic E-state index is 6.11. The van der Waals surface area contributed by atoms with E-state index in [1.807, 2.05) is 0 Å². The molecule has 0 radical (unpaired) electrons. The zero-order valence-corrected chi connectivity index (χ0v) is 11.3. The molecule has 1 atom stereocenters.